The van der Waals surface area contributed by atoms with Crippen LogP contribution in [0.4, 0.5) is 0 Å². The number of amides is 1. The van der Waals surface area contributed by atoms with Crippen LogP contribution >= 0.6 is 0 Å². The van der Waals surface area contributed by atoms with Gasteiger partial charge in [-0.15, -0.1) is 0 Å². The smallest absolute Gasteiger partial charge is 0.222 e. The highest BCUT2D eigenvalue weighted by molar-refractivity contribution is 5.76. The Hall–Kier alpha value is -0.610. The molecule has 0 aromatic rings. The predicted octanol–water partition coefficient (Wildman–Crippen LogP) is 0.0392. The number of nitrogens with one attached hydrogen (secondary N) is 1. The van der Waals surface area contributed by atoms with Crippen molar-refractivity contribution in [3.05, 3.63) is 0 Å². The van der Waals surface area contributed by atoms with Gasteiger partial charge in [0.15, 0.2) is 0 Å². The van der Waals surface area contributed by atoms with Gasteiger partial charge in [0.25, 0.3) is 0 Å². The first-order valence-electron chi connectivity index (χ1n) is 5.24. The standard InChI is InChI=1S/C10H23N3O/c1-4-9(8-11)7-10(14)13(3)6-5-12-2/h9,12H,4-8,11H2,1-3H3. The van der Waals surface area contributed by atoms with Crippen molar-refractivity contribution in [1.29, 1.82) is 0 Å². The SMILES string of the molecule is CCC(CN)CC(=O)N(C)CCNC. The Morgan fingerprint density at radius 2 is 2.21 bits per heavy atom. The highest BCUT2D eigenvalue weighted by Gasteiger charge is 2.13. The minimum absolute atomic E-state index is 0.192. The Kier molecular flexibility index (Phi) is 7.42. The molecular weight excluding hydrogens is 178 g/mol. The molecular formula is C10H23N3O. The molecule has 0 aliphatic carbocycles. The van der Waals surface area contributed by atoms with Gasteiger partial charge in [-0.3, -0.25) is 4.79 Å². The van der Waals surface area contributed by atoms with Crippen molar-refractivity contribution in [2.45, 2.75) is 19.8 Å². The molecule has 1 amide bonds. The number of hydrogen-bond donors (Lipinski definition) is 2. The first kappa shape index (κ1) is 13.4. The number of carbonyl (C=O) groups excluding carboxylic acids is 1. The summed E-state index contributed by atoms with van der Waals surface area (Å²) in [5.74, 6) is 0.525. The molecule has 0 aliphatic heterocycles. The summed E-state index contributed by atoms with van der Waals surface area (Å²) in [6.45, 7) is 4.26. The largest absolute Gasteiger partial charge is 0.344 e. The normalized spacial score (nSPS) is 12.6. The third kappa shape index (κ3) is 5.19. The van der Waals surface area contributed by atoms with Gasteiger partial charge in [-0.1, -0.05) is 13.3 Å². The van der Waals surface area contributed by atoms with Gasteiger partial charge in [-0.2, -0.15) is 0 Å². The Bertz CT molecular complexity index is 157. The molecule has 1 atom stereocenters. The van der Waals surface area contributed by atoms with Crippen LogP contribution in [0.3, 0.4) is 0 Å². The zero-order chi connectivity index (χ0) is 11.0. The second-order valence-corrected chi connectivity index (χ2v) is 3.63. The molecule has 0 fully saturated rings. The minimum Gasteiger partial charge on any atom is -0.344 e. The van der Waals surface area contributed by atoms with Gasteiger partial charge in [0, 0.05) is 26.6 Å². The Balaban J connectivity index is 3.81. The molecule has 0 aliphatic rings. The molecule has 0 radical (unpaired) electrons. The molecule has 0 saturated carbocycles. The zero-order valence-corrected chi connectivity index (χ0v) is 9.55. The monoisotopic (exact) mass is 201 g/mol. The van der Waals surface area contributed by atoms with E-state index >= 15 is 0 Å². The fourth-order valence-corrected chi connectivity index (χ4v) is 1.20. The maximum atomic E-state index is 11.6. The van der Waals surface area contributed by atoms with Crippen LogP contribution in [-0.2, 0) is 4.79 Å². The van der Waals surface area contributed by atoms with E-state index in [2.05, 4.69) is 12.2 Å². The topological polar surface area (TPSA) is 58.4 Å². The average Bonchev–Trinajstić information content (AvgIpc) is 2.21. The van der Waals surface area contributed by atoms with Crippen molar-refractivity contribution in [3.63, 3.8) is 0 Å². The van der Waals surface area contributed by atoms with Crippen LogP contribution in [0.25, 0.3) is 0 Å². The molecule has 0 bridgehead atoms. The molecule has 1 unspecified atom stereocenters. The number of likely N-dealkylation sites (N-methyl/N-ethyl adjacent to an activating group) is 2. The molecule has 0 spiro atoms. The third-order valence-electron chi connectivity index (χ3n) is 2.50. The molecule has 84 valence electrons. The highest BCUT2D eigenvalue weighted by atomic mass is 16.2. The Morgan fingerprint density at radius 3 is 2.64 bits per heavy atom. The maximum Gasteiger partial charge on any atom is 0.222 e. The van der Waals surface area contributed by atoms with Gasteiger partial charge >= 0.3 is 0 Å². The van der Waals surface area contributed by atoms with Gasteiger partial charge in [0.2, 0.25) is 5.91 Å². The zero-order valence-electron chi connectivity index (χ0n) is 9.55. The van der Waals surface area contributed by atoms with Crippen molar-refractivity contribution in [3.8, 4) is 0 Å². The summed E-state index contributed by atoms with van der Waals surface area (Å²) >= 11 is 0. The molecule has 14 heavy (non-hydrogen) atoms. The lowest BCUT2D eigenvalue weighted by Gasteiger charge is -2.19. The predicted molar refractivity (Wildman–Crippen MR) is 59.0 cm³/mol. The molecule has 4 nitrogen and oxygen atoms in total. The maximum absolute atomic E-state index is 11.6. The third-order valence-corrected chi connectivity index (χ3v) is 2.50. The lowest BCUT2D eigenvalue weighted by Crippen LogP contribution is -2.34. The summed E-state index contributed by atoms with van der Waals surface area (Å²) in [6, 6.07) is 0. The molecule has 0 saturated heterocycles. The first-order valence-corrected chi connectivity index (χ1v) is 5.24. The van der Waals surface area contributed by atoms with Crippen LogP contribution in [0.5, 0.6) is 0 Å². The summed E-state index contributed by atoms with van der Waals surface area (Å²) in [5.41, 5.74) is 5.55. The van der Waals surface area contributed by atoms with Gasteiger partial charge in [-0.25, -0.2) is 0 Å². The van der Waals surface area contributed by atoms with E-state index in [1.54, 1.807) is 4.90 Å². The quantitative estimate of drug-likeness (QED) is 0.611. The van der Waals surface area contributed by atoms with Crippen LogP contribution in [0, 0.1) is 5.92 Å². The van der Waals surface area contributed by atoms with Crippen molar-refractivity contribution in [2.75, 3.05) is 33.7 Å². The molecule has 3 N–H and O–H groups in total. The van der Waals surface area contributed by atoms with Gasteiger partial charge < -0.3 is 16.0 Å². The lowest BCUT2D eigenvalue weighted by molar-refractivity contribution is -0.130. The molecule has 4 heteroatoms. The molecule has 0 aromatic carbocycles. The van der Waals surface area contributed by atoms with Crippen LogP contribution in [0.1, 0.15) is 19.8 Å². The van der Waals surface area contributed by atoms with E-state index in [-0.39, 0.29) is 5.91 Å². The van der Waals surface area contributed by atoms with Crippen molar-refractivity contribution < 1.29 is 4.79 Å². The Morgan fingerprint density at radius 1 is 1.57 bits per heavy atom. The van der Waals surface area contributed by atoms with E-state index in [9.17, 15) is 4.79 Å². The van der Waals surface area contributed by atoms with Crippen LogP contribution in [0.15, 0.2) is 0 Å². The van der Waals surface area contributed by atoms with E-state index in [4.69, 9.17) is 5.73 Å². The van der Waals surface area contributed by atoms with Crippen molar-refractivity contribution >= 4 is 5.91 Å². The fourth-order valence-electron chi connectivity index (χ4n) is 1.20. The lowest BCUT2D eigenvalue weighted by atomic mass is 10.0. The van der Waals surface area contributed by atoms with Crippen molar-refractivity contribution in [1.82, 2.24) is 10.2 Å². The van der Waals surface area contributed by atoms with E-state index in [0.29, 0.717) is 18.9 Å². The summed E-state index contributed by atoms with van der Waals surface area (Å²) in [5, 5.41) is 3.02. The summed E-state index contributed by atoms with van der Waals surface area (Å²) in [7, 11) is 3.72. The number of rotatable bonds is 7. The van der Waals surface area contributed by atoms with Crippen LogP contribution in [0.2, 0.25) is 0 Å². The van der Waals surface area contributed by atoms with Gasteiger partial charge in [-0.05, 0) is 19.5 Å². The van der Waals surface area contributed by atoms with E-state index in [1.807, 2.05) is 14.1 Å². The fraction of sp³-hybridized carbons (Fsp3) is 0.900. The molecule has 0 aromatic heterocycles. The van der Waals surface area contributed by atoms with Crippen LogP contribution in [-0.4, -0.2) is 44.5 Å². The number of nitrogens with two attached hydrogens (primary N) is 1. The van der Waals surface area contributed by atoms with E-state index in [1.165, 1.54) is 0 Å². The van der Waals surface area contributed by atoms with E-state index in [0.717, 1.165) is 19.5 Å². The summed E-state index contributed by atoms with van der Waals surface area (Å²) in [4.78, 5) is 13.4. The Labute approximate surface area is 86.8 Å². The minimum atomic E-state index is 0.192. The van der Waals surface area contributed by atoms with Gasteiger partial charge in [0.05, 0.1) is 0 Å². The number of carbonyl (C=O) groups is 1. The number of hydrogen-bond acceptors (Lipinski definition) is 3. The average molecular weight is 201 g/mol. The second kappa shape index (κ2) is 7.76. The molecule has 0 heterocycles. The summed E-state index contributed by atoms with van der Waals surface area (Å²) < 4.78 is 0. The molecule has 0 rings (SSSR count). The summed E-state index contributed by atoms with van der Waals surface area (Å²) in [6.07, 6.45) is 1.55. The van der Waals surface area contributed by atoms with Crippen LogP contribution < -0.4 is 11.1 Å². The second-order valence-electron chi connectivity index (χ2n) is 3.63. The highest BCUT2D eigenvalue weighted by Crippen LogP contribution is 2.07. The number of nitrogens with zero attached hydrogens (tertiary/aromatic N) is 1. The van der Waals surface area contributed by atoms with Gasteiger partial charge in [0.1, 0.15) is 0 Å². The first-order chi connectivity index (χ1) is 6.65. The van der Waals surface area contributed by atoms with Crippen molar-refractivity contribution in [2.24, 2.45) is 11.7 Å². The van der Waals surface area contributed by atoms with E-state index < -0.39 is 0 Å².